The first kappa shape index (κ1) is 9.06. The number of terminal acetylenes is 1. The third kappa shape index (κ3) is 2.20. The van der Waals surface area contributed by atoms with E-state index in [9.17, 15) is 4.79 Å². The van der Waals surface area contributed by atoms with Gasteiger partial charge in [0.25, 0.3) is 5.91 Å². The van der Waals surface area contributed by atoms with Crippen molar-refractivity contribution < 1.29 is 9.42 Å². The molecule has 0 aliphatic heterocycles. The number of nitrogens with zero attached hydrogens (tertiary/aromatic N) is 2. The molecule has 1 heterocycles. The summed E-state index contributed by atoms with van der Waals surface area (Å²) < 4.78 is 4.25. The summed E-state index contributed by atoms with van der Waals surface area (Å²) in [5, 5.41) is 9.08. The maximum atomic E-state index is 11.2. The minimum atomic E-state index is -0.436. The van der Waals surface area contributed by atoms with Gasteiger partial charge in [-0.15, -0.1) is 12.3 Å². The average Bonchev–Trinajstić information content (AvgIpc) is 2.52. The molecule has 13 heavy (non-hydrogen) atoms. The molecule has 1 aromatic heterocycles. The normalized spacial score (nSPS) is 9.15. The molecule has 0 fully saturated rings. The summed E-state index contributed by atoms with van der Waals surface area (Å²) in [5.74, 6) is 1.91. The lowest BCUT2D eigenvalue weighted by molar-refractivity contribution is 0.0945. The highest BCUT2D eigenvalue weighted by atomic mass is 16.6. The van der Waals surface area contributed by atoms with E-state index in [-0.39, 0.29) is 11.5 Å². The Kier molecular flexibility index (Phi) is 2.87. The van der Waals surface area contributed by atoms with Crippen LogP contribution in [0.5, 0.6) is 0 Å². The van der Waals surface area contributed by atoms with Gasteiger partial charge in [-0.3, -0.25) is 4.79 Å². The van der Waals surface area contributed by atoms with E-state index in [4.69, 9.17) is 12.2 Å². The topological polar surface area (TPSA) is 94.0 Å². The highest BCUT2D eigenvalue weighted by molar-refractivity contribution is 5.95. The number of hydrogen-bond acceptors (Lipinski definition) is 5. The second-order valence-corrected chi connectivity index (χ2v) is 2.21. The number of nitrogen functional groups attached to an aromatic ring is 1. The largest absolute Gasteiger partial charge is 0.379 e. The van der Waals surface area contributed by atoms with Crippen molar-refractivity contribution in [3.05, 3.63) is 5.69 Å². The van der Waals surface area contributed by atoms with Gasteiger partial charge in [-0.2, -0.15) is 0 Å². The van der Waals surface area contributed by atoms with E-state index >= 15 is 0 Å². The number of nitrogens with two attached hydrogens (primary N) is 1. The van der Waals surface area contributed by atoms with Crippen LogP contribution in [0.4, 0.5) is 5.82 Å². The zero-order valence-electron chi connectivity index (χ0n) is 6.78. The zero-order valence-corrected chi connectivity index (χ0v) is 6.78. The third-order valence-corrected chi connectivity index (χ3v) is 1.28. The molecule has 0 spiro atoms. The van der Waals surface area contributed by atoms with E-state index < -0.39 is 5.91 Å². The highest BCUT2D eigenvalue weighted by Gasteiger charge is 2.14. The Bertz CT molecular complexity index is 339. The van der Waals surface area contributed by atoms with Gasteiger partial charge in [0.2, 0.25) is 11.5 Å². The summed E-state index contributed by atoms with van der Waals surface area (Å²) in [6.45, 7) is 0.377. The van der Waals surface area contributed by atoms with Crippen molar-refractivity contribution in [2.75, 3.05) is 12.3 Å². The molecule has 6 nitrogen and oxygen atoms in total. The van der Waals surface area contributed by atoms with E-state index in [0.717, 1.165) is 0 Å². The van der Waals surface area contributed by atoms with Gasteiger partial charge >= 0.3 is 0 Å². The predicted octanol–water partition coefficient (Wildman–Crippen LogP) is -0.595. The molecule has 0 saturated carbocycles. The summed E-state index contributed by atoms with van der Waals surface area (Å²) in [6.07, 6.45) is 5.45. The average molecular weight is 180 g/mol. The number of nitrogens with one attached hydrogen (secondary N) is 1. The van der Waals surface area contributed by atoms with Crippen LogP contribution in [0.25, 0.3) is 0 Å². The molecule has 0 aliphatic carbocycles. The maximum absolute atomic E-state index is 11.2. The van der Waals surface area contributed by atoms with E-state index in [0.29, 0.717) is 13.0 Å². The molecule has 0 atom stereocenters. The van der Waals surface area contributed by atoms with E-state index in [1.165, 1.54) is 0 Å². The number of hydrogen-bond donors (Lipinski definition) is 2. The van der Waals surface area contributed by atoms with Crippen molar-refractivity contribution >= 4 is 11.7 Å². The summed E-state index contributed by atoms with van der Waals surface area (Å²) in [7, 11) is 0. The summed E-state index contributed by atoms with van der Waals surface area (Å²) >= 11 is 0. The van der Waals surface area contributed by atoms with Gasteiger partial charge in [0, 0.05) is 13.0 Å². The fourth-order valence-electron chi connectivity index (χ4n) is 0.685. The molecule has 3 N–H and O–H groups in total. The molecule has 0 unspecified atom stereocenters. The Morgan fingerprint density at radius 3 is 3.00 bits per heavy atom. The van der Waals surface area contributed by atoms with Crippen LogP contribution in [-0.4, -0.2) is 22.8 Å². The van der Waals surface area contributed by atoms with Crippen molar-refractivity contribution in [1.29, 1.82) is 0 Å². The van der Waals surface area contributed by atoms with Gasteiger partial charge in [0.15, 0.2) is 0 Å². The molecule has 0 radical (unpaired) electrons. The van der Waals surface area contributed by atoms with Crippen molar-refractivity contribution in [2.24, 2.45) is 0 Å². The highest BCUT2D eigenvalue weighted by Crippen LogP contribution is 2.02. The Balaban J connectivity index is 2.50. The van der Waals surface area contributed by atoms with Gasteiger partial charge in [-0.25, -0.2) is 4.63 Å². The standard InChI is InChI=1S/C7H8N4O2/c1-2-3-4-9-7(12)5-6(8)11-13-10-5/h1H,3-4H2,(H2,8,11)(H,9,12). The molecule has 1 amide bonds. The van der Waals surface area contributed by atoms with Crippen LogP contribution in [0.3, 0.4) is 0 Å². The van der Waals surface area contributed by atoms with Gasteiger partial charge in [0.1, 0.15) is 0 Å². The number of anilines is 1. The third-order valence-electron chi connectivity index (χ3n) is 1.28. The molecule has 0 aliphatic rings. The molecule has 0 aromatic carbocycles. The molecular weight excluding hydrogens is 172 g/mol. The zero-order chi connectivity index (χ0) is 9.68. The van der Waals surface area contributed by atoms with Gasteiger partial charge in [0.05, 0.1) is 0 Å². The number of rotatable bonds is 3. The molecule has 68 valence electrons. The number of carbonyl (C=O) groups excluding carboxylic acids is 1. The van der Waals surface area contributed by atoms with Crippen LogP contribution in [0.1, 0.15) is 16.9 Å². The van der Waals surface area contributed by atoms with Crippen LogP contribution in [-0.2, 0) is 0 Å². The van der Waals surface area contributed by atoms with Crippen molar-refractivity contribution in [3.8, 4) is 12.3 Å². The van der Waals surface area contributed by atoms with Crippen LogP contribution in [0.2, 0.25) is 0 Å². The van der Waals surface area contributed by atoms with Crippen LogP contribution in [0.15, 0.2) is 4.63 Å². The summed E-state index contributed by atoms with van der Waals surface area (Å²) in [6, 6.07) is 0. The Morgan fingerprint density at radius 2 is 2.46 bits per heavy atom. The predicted molar refractivity (Wildman–Crippen MR) is 44.5 cm³/mol. The smallest absolute Gasteiger partial charge is 0.277 e. The number of carbonyl (C=O) groups is 1. The Hall–Kier alpha value is -2.03. The molecule has 6 heteroatoms. The van der Waals surface area contributed by atoms with Gasteiger partial charge in [-0.05, 0) is 10.3 Å². The van der Waals surface area contributed by atoms with Crippen LogP contribution < -0.4 is 11.1 Å². The van der Waals surface area contributed by atoms with E-state index in [1.807, 2.05) is 0 Å². The number of amides is 1. The monoisotopic (exact) mass is 180 g/mol. The van der Waals surface area contributed by atoms with E-state index in [1.54, 1.807) is 0 Å². The summed E-state index contributed by atoms with van der Waals surface area (Å²) in [5.41, 5.74) is 5.26. The van der Waals surface area contributed by atoms with Crippen molar-refractivity contribution in [2.45, 2.75) is 6.42 Å². The SMILES string of the molecule is C#CCCNC(=O)c1nonc1N. The van der Waals surface area contributed by atoms with Gasteiger partial charge in [-0.1, -0.05) is 0 Å². The first-order valence-corrected chi connectivity index (χ1v) is 3.55. The second-order valence-electron chi connectivity index (χ2n) is 2.21. The first-order valence-electron chi connectivity index (χ1n) is 3.55. The number of aromatic nitrogens is 2. The minimum absolute atomic E-state index is 0.0166. The van der Waals surface area contributed by atoms with Crippen LogP contribution in [0, 0.1) is 12.3 Å². The Morgan fingerprint density at radius 1 is 1.69 bits per heavy atom. The van der Waals surface area contributed by atoms with Crippen LogP contribution >= 0.6 is 0 Å². The van der Waals surface area contributed by atoms with Crippen molar-refractivity contribution in [3.63, 3.8) is 0 Å². The quantitative estimate of drug-likeness (QED) is 0.478. The van der Waals surface area contributed by atoms with Crippen molar-refractivity contribution in [1.82, 2.24) is 15.6 Å². The molecule has 0 saturated heterocycles. The summed E-state index contributed by atoms with van der Waals surface area (Å²) in [4.78, 5) is 11.2. The fraction of sp³-hybridized carbons (Fsp3) is 0.286. The van der Waals surface area contributed by atoms with E-state index in [2.05, 4.69) is 26.2 Å². The van der Waals surface area contributed by atoms with Gasteiger partial charge < -0.3 is 11.1 Å². The molecule has 0 bridgehead atoms. The Labute approximate surface area is 74.4 Å². The second kappa shape index (κ2) is 4.11. The first-order chi connectivity index (χ1) is 6.25. The minimum Gasteiger partial charge on any atom is -0.379 e. The lowest BCUT2D eigenvalue weighted by atomic mass is 10.4. The lowest BCUT2D eigenvalue weighted by Gasteiger charge is -1.97. The fourth-order valence-corrected chi connectivity index (χ4v) is 0.685. The lowest BCUT2D eigenvalue weighted by Crippen LogP contribution is -2.25. The maximum Gasteiger partial charge on any atom is 0.277 e. The molecule has 1 rings (SSSR count). The molecule has 1 aromatic rings. The molecular formula is C7H8N4O2.